The maximum absolute atomic E-state index is 6.01. The van der Waals surface area contributed by atoms with Crippen LogP contribution in [0.4, 0.5) is 0 Å². The van der Waals surface area contributed by atoms with E-state index in [0.717, 1.165) is 25.2 Å². The zero-order valence-electron chi connectivity index (χ0n) is 12.3. The van der Waals surface area contributed by atoms with Crippen LogP contribution in [0.1, 0.15) is 26.2 Å². The predicted molar refractivity (Wildman–Crippen MR) is 85.8 cm³/mol. The van der Waals surface area contributed by atoms with Crippen LogP contribution >= 0.6 is 0 Å². The quantitative estimate of drug-likeness (QED) is 0.557. The normalized spacial score (nSPS) is 14.6. The van der Waals surface area contributed by atoms with Crippen molar-refractivity contribution in [3.05, 3.63) is 47.7 Å². The van der Waals surface area contributed by atoms with Crippen LogP contribution < -0.4 is 9.92 Å². The minimum absolute atomic E-state index is 0.826. The van der Waals surface area contributed by atoms with Crippen molar-refractivity contribution < 1.29 is 4.74 Å². The summed E-state index contributed by atoms with van der Waals surface area (Å²) in [6, 6.07) is 8.59. The Labute approximate surface area is 118 Å². The molecule has 0 radical (unpaired) electrons. The van der Waals surface area contributed by atoms with Crippen molar-refractivity contribution in [3.8, 4) is 5.75 Å². The molecule has 0 saturated carbocycles. The van der Waals surface area contributed by atoms with Crippen LogP contribution in [0, 0.1) is 0 Å². The summed E-state index contributed by atoms with van der Waals surface area (Å²) in [5.74, 6) is 1.09. The Kier molecular flexibility index (Phi) is 4.64. The number of hydrogen-bond donors (Lipinski definition) is 0. The van der Waals surface area contributed by atoms with Crippen LogP contribution in [0.3, 0.4) is 0 Å². The summed E-state index contributed by atoms with van der Waals surface area (Å²) in [5.41, 5.74) is 0. The fraction of sp³-hybridized carbons (Fsp3) is 0.412. The van der Waals surface area contributed by atoms with E-state index in [4.69, 9.17) is 4.74 Å². The van der Waals surface area contributed by atoms with E-state index in [1.54, 1.807) is 0 Å². The third-order valence-electron chi connectivity index (χ3n) is 3.81. The van der Waals surface area contributed by atoms with E-state index in [1.165, 1.54) is 16.8 Å². The summed E-state index contributed by atoms with van der Waals surface area (Å²) in [6.07, 6.45) is 10.3. The molecule has 19 heavy (non-hydrogen) atoms. The van der Waals surface area contributed by atoms with Crippen LogP contribution in [-0.4, -0.2) is 14.7 Å². The van der Waals surface area contributed by atoms with Crippen LogP contribution in [0.5, 0.6) is 5.75 Å². The maximum Gasteiger partial charge on any atom is 0.118 e. The number of para-hydroxylation sites is 1. The molecule has 1 aromatic carbocycles. The van der Waals surface area contributed by atoms with E-state index < -0.39 is 8.07 Å². The van der Waals surface area contributed by atoms with Gasteiger partial charge in [0, 0.05) is 0 Å². The van der Waals surface area contributed by atoms with Gasteiger partial charge in [-0.15, -0.1) is 0 Å². The van der Waals surface area contributed by atoms with Gasteiger partial charge in [0.25, 0.3) is 0 Å². The number of rotatable bonds is 6. The number of unbranched alkanes of at least 4 members (excludes halogenated alkanes) is 1. The highest BCUT2D eigenvalue weighted by atomic mass is 28.3. The lowest BCUT2D eigenvalue weighted by atomic mass is 10.3. The molecule has 1 nitrogen and oxygen atoms in total. The molecular weight excluding hydrogens is 248 g/mol. The third-order valence-corrected chi connectivity index (χ3v) is 7.38. The molecule has 1 aromatic rings. The maximum atomic E-state index is 6.01. The highest BCUT2D eigenvalue weighted by Crippen LogP contribution is 2.25. The van der Waals surface area contributed by atoms with Gasteiger partial charge in [-0.3, -0.25) is 0 Å². The second-order valence-electron chi connectivity index (χ2n) is 5.62. The SMILES string of the molecule is CCCCOc1ccccc1[Si](C)(C)C1=CCC=C1. The summed E-state index contributed by atoms with van der Waals surface area (Å²) in [6.45, 7) is 7.85. The van der Waals surface area contributed by atoms with E-state index in [2.05, 4.69) is 62.5 Å². The molecule has 0 heterocycles. The van der Waals surface area contributed by atoms with Crippen molar-refractivity contribution in [1.82, 2.24) is 0 Å². The zero-order chi connectivity index (χ0) is 13.7. The molecule has 1 aliphatic rings. The van der Waals surface area contributed by atoms with E-state index >= 15 is 0 Å². The first kappa shape index (κ1) is 14.1. The van der Waals surface area contributed by atoms with E-state index in [9.17, 15) is 0 Å². The van der Waals surface area contributed by atoms with Crippen molar-refractivity contribution >= 4 is 13.3 Å². The van der Waals surface area contributed by atoms with Crippen molar-refractivity contribution in [2.45, 2.75) is 39.3 Å². The summed E-state index contributed by atoms with van der Waals surface area (Å²) in [5, 5.41) is 2.95. The molecule has 2 heteroatoms. The van der Waals surface area contributed by atoms with E-state index in [0.29, 0.717) is 0 Å². The monoisotopic (exact) mass is 272 g/mol. The molecular formula is C17H24OSi. The molecule has 102 valence electrons. The van der Waals surface area contributed by atoms with Gasteiger partial charge in [-0.25, -0.2) is 0 Å². The van der Waals surface area contributed by atoms with Crippen LogP contribution in [0.25, 0.3) is 0 Å². The number of hydrogen-bond acceptors (Lipinski definition) is 1. The molecule has 0 aliphatic heterocycles. The molecule has 0 atom stereocenters. The molecule has 1 aliphatic carbocycles. The second-order valence-corrected chi connectivity index (χ2v) is 9.99. The molecule has 2 rings (SSSR count). The molecule has 0 amide bonds. The molecule has 0 unspecified atom stereocenters. The minimum atomic E-state index is -1.60. The van der Waals surface area contributed by atoms with Gasteiger partial charge in [0.05, 0.1) is 6.61 Å². The highest BCUT2D eigenvalue weighted by Gasteiger charge is 2.30. The fourth-order valence-electron chi connectivity index (χ4n) is 2.51. The highest BCUT2D eigenvalue weighted by molar-refractivity contribution is 6.96. The first-order valence-electron chi connectivity index (χ1n) is 7.25. The fourth-order valence-corrected chi connectivity index (χ4v) is 5.27. The summed E-state index contributed by atoms with van der Waals surface area (Å²) in [4.78, 5) is 0. The number of allylic oxidation sites excluding steroid dienone is 4. The van der Waals surface area contributed by atoms with Crippen molar-refractivity contribution in [2.75, 3.05) is 6.61 Å². The molecule has 0 aromatic heterocycles. The Morgan fingerprint density at radius 3 is 2.68 bits per heavy atom. The molecule has 0 spiro atoms. The Bertz CT molecular complexity index is 486. The molecule has 0 bridgehead atoms. The zero-order valence-corrected chi connectivity index (χ0v) is 13.3. The average molecular weight is 272 g/mol. The van der Waals surface area contributed by atoms with Crippen LogP contribution in [-0.2, 0) is 0 Å². The van der Waals surface area contributed by atoms with Gasteiger partial charge < -0.3 is 4.74 Å². The van der Waals surface area contributed by atoms with Gasteiger partial charge in [-0.05, 0) is 24.1 Å². The van der Waals surface area contributed by atoms with Crippen molar-refractivity contribution in [1.29, 1.82) is 0 Å². The van der Waals surface area contributed by atoms with Crippen molar-refractivity contribution in [3.63, 3.8) is 0 Å². The smallest absolute Gasteiger partial charge is 0.118 e. The van der Waals surface area contributed by atoms with Gasteiger partial charge in [-0.2, -0.15) is 0 Å². The van der Waals surface area contributed by atoms with Gasteiger partial charge in [0.2, 0.25) is 0 Å². The Balaban J connectivity index is 2.25. The topological polar surface area (TPSA) is 9.23 Å². The summed E-state index contributed by atoms with van der Waals surface area (Å²) >= 11 is 0. The second kappa shape index (κ2) is 6.24. The van der Waals surface area contributed by atoms with Gasteiger partial charge in [0.1, 0.15) is 13.8 Å². The Hall–Kier alpha value is -1.28. The Morgan fingerprint density at radius 1 is 1.21 bits per heavy atom. The van der Waals surface area contributed by atoms with Crippen molar-refractivity contribution in [2.24, 2.45) is 0 Å². The number of ether oxygens (including phenoxy) is 1. The van der Waals surface area contributed by atoms with E-state index in [1.807, 2.05) is 0 Å². The third kappa shape index (κ3) is 3.18. The van der Waals surface area contributed by atoms with E-state index in [-0.39, 0.29) is 0 Å². The van der Waals surface area contributed by atoms with Gasteiger partial charge in [0.15, 0.2) is 0 Å². The minimum Gasteiger partial charge on any atom is -0.494 e. The summed E-state index contributed by atoms with van der Waals surface area (Å²) < 4.78 is 6.01. The lowest BCUT2D eigenvalue weighted by Crippen LogP contribution is -2.44. The average Bonchev–Trinajstić information content (AvgIpc) is 2.94. The predicted octanol–water partition coefficient (Wildman–Crippen LogP) is 4.21. The summed E-state index contributed by atoms with van der Waals surface area (Å²) in [7, 11) is -1.60. The first-order valence-corrected chi connectivity index (χ1v) is 10.3. The molecule has 0 fully saturated rings. The van der Waals surface area contributed by atoms with Crippen LogP contribution in [0.2, 0.25) is 13.1 Å². The first-order chi connectivity index (χ1) is 9.16. The molecule has 0 saturated heterocycles. The lowest BCUT2D eigenvalue weighted by Gasteiger charge is -2.26. The van der Waals surface area contributed by atoms with Gasteiger partial charge in [-0.1, -0.05) is 68.1 Å². The Morgan fingerprint density at radius 2 is 2.00 bits per heavy atom. The largest absolute Gasteiger partial charge is 0.494 e. The standard InChI is InChI=1S/C17H24OSi/c1-4-5-14-18-16-12-8-9-13-17(16)19(2,3)15-10-6-7-11-15/h6,8-13H,4-5,7,14H2,1-3H3. The van der Waals surface area contributed by atoms with Gasteiger partial charge >= 0.3 is 0 Å². The number of benzene rings is 1. The lowest BCUT2D eigenvalue weighted by molar-refractivity contribution is 0.311. The van der Waals surface area contributed by atoms with Crippen LogP contribution in [0.15, 0.2) is 47.7 Å². The molecule has 0 N–H and O–H groups in total.